The molecule has 0 fully saturated rings. The number of nitrogens with two attached hydrogens (primary N) is 1. The van der Waals surface area contributed by atoms with E-state index in [0.717, 1.165) is 0 Å². The van der Waals surface area contributed by atoms with Gasteiger partial charge in [-0.25, -0.2) is 4.79 Å². The van der Waals surface area contributed by atoms with Crippen molar-refractivity contribution in [2.24, 2.45) is 5.73 Å². The Bertz CT molecular complexity index is 1170. The van der Waals surface area contributed by atoms with E-state index in [0.29, 0.717) is 22.6 Å². The van der Waals surface area contributed by atoms with Crippen LogP contribution in [0.25, 0.3) is 6.08 Å². The third-order valence-corrected chi connectivity index (χ3v) is 4.76. The third-order valence-electron chi connectivity index (χ3n) is 4.76. The summed E-state index contributed by atoms with van der Waals surface area (Å²) in [6, 6.07) is 8.09. The number of hydrogen-bond donors (Lipinski definition) is 3. The van der Waals surface area contributed by atoms with E-state index in [1.165, 1.54) is 32.4 Å². The highest BCUT2D eigenvalue weighted by atomic mass is 16.5. The second-order valence-corrected chi connectivity index (χ2v) is 7.13. The molecule has 0 spiro atoms. The summed E-state index contributed by atoms with van der Waals surface area (Å²) in [5, 5.41) is 11.2. The van der Waals surface area contributed by atoms with Crippen LogP contribution in [0.3, 0.4) is 0 Å². The first-order valence-electron chi connectivity index (χ1n) is 9.95. The lowest BCUT2D eigenvalue weighted by molar-refractivity contribution is -0.143. The minimum absolute atomic E-state index is 0.0906. The van der Waals surface area contributed by atoms with Crippen molar-refractivity contribution in [1.82, 2.24) is 5.32 Å². The molecule has 0 saturated heterocycles. The number of primary amides is 1. The first kappa shape index (κ1) is 24.1. The summed E-state index contributed by atoms with van der Waals surface area (Å²) in [6.07, 6.45) is 1.01. The molecule has 1 heterocycles. The lowest BCUT2D eigenvalue weighted by Gasteiger charge is -2.13. The predicted molar refractivity (Wildman–Crippen MR) is 118 cm³/mol. The number of rotatable bonds is 10. The molecule has 4 N–H and O–H groups in total. The van der Waals surface area contributed by atoms with E-state index in [1.54, 1.807) is 24.3 Å². The van der Waals surface area contributed by atoms with E-state index in [-0.39, 0.29) is 23.0 Å². The molecular formula is C23H22N2O9. The molecule has 0 saturated carbocycles. The van der Waals surface area contributed by atoms with Crippen molar-refractivity contribution >= 4 is 29.6 Å². The van der Waals surface area contributed by atoms with Crippen molar-refractivity contribution in [1.29, 1.82) is 0 Å². The number of allylic oxidation sites excluding steroid dienone is 1. The maximum atomic E-state index is 12.7. The largest absolute Gasteiger partial charge is 0.493 e. The van der Waals surface area contributed by atoms with Gasteiger partial charge in [0.05, 0.1) is 26.2 Å². The standard InChI is InChI=1S/C23H22N2O9/c1-31-16-6-3-12(7-18(16)32-2)8-19-22(28)14-5-4-13(9-17(14)34-19)33-11-21(27)25-15(23(29)30)10-20(24)26/h3-9,15H,10-11H2,1-2H3,(H2,24,26)(H,25,27)(H,29,30)/b19-8-/t15-/m0/s1. The third kappa shape index (κ3) is 5.63. The van der Waals surface area contributed by atoms with Crippen molar-refractivity contribution in [2.45, 2.75) is 12.5 Å². The van der Waals surface area contributed by atoms with Crippen molar-refractivity contribution in [3.8, 4) is 23.0 Å². The maximum Gasteiger partial charge on any atom is 0.326 e. The van der Waals surface area contributed by atoms with Gasteiger partial charge in [-0.3, -0.25) is 14.4 Å². The Morgan fingerprint density at radius 1 is 1.12 bits per heavy atom. The monoisotopic (exact) mass is 470 g/mol. The van der Waals surface area contributed by atoms with Crippen LogP contribution in [0.2, 0.25) is 0 Å². The molecule has 0 unspecified atom stereocenters. The topological polar surface area (TPSA) is 163 Å². The number of aliphatic carboxylic acids is 1. The summed E-state index contributed by atoms with van der Waals surface area (Å²) < 4.78 is 21.5. The highest BCUT2D eigenvalue weighted by molar-refractivity contribution is 6.14. The average molecular weight is 470 g/mol. The SMILES string of the molecule is COc1ccc(/C=C2\Oc3cc(OCC(=O)N[C@@H](CC(N)=O)C(=O)O)ccc3C2=O)cc1OC. The van der Waals surface area contributed by atoms with E-state index in [2.05, 4.69) is 5.32 Å². The van der Waals surface area contributed by atoms with Crippen LogP contribution >= 0.6 is 0 Å². The van der Waals surface area contributed by atoms with E-state index in [1.807, 2.05) is 0 Å². The summed E-state index contributed by atoms with van der Waals surface area (Å²) >= 11 is 0. The number of nitrogens with one attached hydrogen (secondary N) is 1. The Morgan fingerprint density at radius 2 is 1.85 bits per heavy atom. The molecule has 1 aliphatic rings. The Hall–Kier alpha value is -4.54. The highest BCUT2D eigenvalue weighted by Crippen LogP contribution is 2.36. The van der Waals surface area contributed by atoms with Crippen molar-refractivity contribution < 1.29 is 43.2 Å². The van der Waals surface area contributed by atoms with Gasteiger partial charge in [0.1, 0.15) is 17.5 Å². The van der Waals surface area contributed by atoms with Gasteiger partial charge in [-0.2, -0.15) is 0 Å². The van der Waals surface area contributed by atoms with Gasteiger partial charge in [0, 0.05) is 6.07 Å². The molecule has 0 aromatic heterocycles. The quantitative estimate of drug-likeness (QED) is 0.432. The average Bonchev–Trinajstić information content (AvgIpc) is 3.11. The van der Waals surface area contributed by atoms with Crippen molar-refractivity contribution in [2.75, 3.05) is 20.8 Å². The van der Waals surface area contributed by atoms with Crippen LogP contribution in [-0.4, -0.2) is 55.5 Å². The number of hydrogen-bond acceptors (Lipinski definition) is 8. The molecule has 0 radical (unpaired) electrons. The number of benzene rings is 2. The second kappa shape index (κ2) is 10.4. The van der Waals surface area contributed by atoms with Gasteiger partial charge in [0.2, 0.25) is 11.7 Å². The Morgan fingerprint density at radius 3 is 2.50 bits per heavy atom. The molecule has 34 heavy (non-hydrogen) atoms. The zero-order valence-electron chi connectivity index (χ0n) is 18.3. The molecule has 2 amide bonds. The number of methoxy groups -OCH3 is 2. The minimum atomic E-state index is -1.46. The molecule has 1 aliphatic heterocycles. The lowest BCUT2D eigenvalue weighted by atomic mass is 10.1. The summed E-state index contributed by atoms with van der Waals surface area (Å²) in [6.45, 7) is -0.524. The minimum Gasteiger partial charge on any atom is -0.493 e. The van der Waals surface area contributed by atoms with Crippen LogP contribution in [0.1, 0.15) is 22.3 Å². The van der Waals surface area contributed by atoms with Crippen molar-refractivity contribution in [3.63, 3.8) is 0 Å². The molecule has 11 heteroatoms. The number of carboxylic acids is 1. The van der Waals surface area contributed by atoms with E-state index >= 15 is 0 Å². The van der Waals surface area contributed by atoms with Crippen LogP contribution in [0.5, 0.6) is 23.0 Å². The smallest absolute Gasteiger partial charge is 0.326 e. The Kier molecular flexibility index (Phi) is 7.36. The van der Waals surface area contributed by atoms with Gasteiger partial charge in [0.25, 0.3) is 5.91 Å². The molecule has 11 nitrogen and oxygen atoms in total. The van der Waals surface area contributed by atoms with Crippen LogP contribution in [0.15, 0.2) is 42.2 Å². The van der Waals surface area contributed by atoms with Crippen LogP contribution in [0.4, 0.5) is 0 Å². The zero-order chi connectivity index (χ0) is 24.8. The number of ether oxygens (including phenoxy) is 4. The normalized spacial score (nSPS) is 14.1. The number of amides is 2. The van der Waals surface area contributed by atoms with E-state index in [4.69, 9.17) is 29.8 Å². The lowest BCUT2D eigenvalue weighted by Crippen LogP contribution is -2.45. The van der Waals surface area contributed by atoms with E-state index in [9.17, 15) is 19.2 Å². The first-order chi connectivity index (χ1) is 16.2. The molecule has 2 aromatic carbocycles. The number of carbonyl (C=O) groups excluding carboxylic acids is 3. The van der Waals surface area contributed by atoms with Gasteiger partial charge in [0.15, 0.2) is 23.9 Å². The fourth-order valence-corrected chi connectivity index (χ4v) is 3.14. The summed E-state index contributed by atoms with van der Waals surface area (Å²) in [4.78, 5) is 46.7. The second-order valence-electron chi connectivity index (χ2n) is 7.13. The molecule has 3 rings (SSSR count). The van der Waals surface area contributed by atoms with Gasteiger partial charge in [-0.05, 0) is 35.9 Å². The van der Waals surface area contributed by atoms with Crippen LogP contribution < -0.4 is 30.0 Å². The zero-order valence-corrected chi connectivity index (χ0v) is 18.3. The molecule has 2 aromatic rings. The highest BCUT2D eigenvalue weighted by Gasteiger charge is 2.28. The number of ketones is 1. The van der Waals surface area contributed by atoms with Crippen LogP contribution in [-0.2, 0) is 14.4 Å². The fourth-order valence-electron chi connectivity index (χ4n) is 3.14. The van der Waals surface area contributed by atoms with E-state index < -0.39 is 36.9 Å². The first-order valence-corrected chi connectivity index (χ1v) is 9.95. The van der Waals surface area contributed by atoms with Gasteiger partial charge >= 0.3 is 5.97 Å². The van der Waals surface area contributed by atoms with Crippen LogP contribution in [0, 0.1) is 0 Å². The summed E-state index contributed by atoms with van der Waals surface area (Å²) in [5.41, 5.74) is 5.95. The number of carbonyl (C=O) groups is 4. The summed E-state index contributed by atoms with van der Waals surface area (Å²) in [5.74, 6) is -1.77. The number of carboxylic acid groups (broad SMARTS) is 1. The fraction of sp³-hybridized carbons (Fsp3) is 0.217. The van der Waals surface area contributed by atoms with Crippen molar-refractivity contribution in [3.05, 3.63) is 53.3 Å². The molecule has 178 valence electrons. The Balaban J connectivity index is 1.67. The van der Waals surface area contributed by atoms with Gasteiger partial charge < -0.3 is 35.1 Å². The summed E-state index contributed by atoms with van der Waals surface area (Å²) in [7, 11) is 3.02. The number of fused-ring (bicyclic) bond motifs is 1. The molecule has 1 atom stereocenters. The maximum absolute atomic E-state index is 12.7. The van der Waals surface area contributed by atoms with Gasteiger partial charge in [-0.1, -0.05) is 6.07 Å². The number of Topliss-reactive ketones (excluding diaryl/α,β-unsaturated/α-hetero) is 1. The predicted octanol–water partition coefficient (Wildman–Crippen LogP) is 1.14. The Labute approximate surface area is 194 Å². The van der Waals surface area contributed by atoms with Gasteiger partial charge in [-0.15, -0.1) is 0 Å². The molecule has 0 bridgehead atoms. The molecular weight excluding hydrogens is 448 g/mol. The molecule has 0 aliphatic carbocycles.